The van der Waals surface area contributed by atoms with Crippen LogP contribution >= 0.6 is 11.3 Å². The molecule has 8 heteroatoms. The Labute approximate surface area is 167 Å². The summed E-state index contributed by atoms with van der Waals surface area (Å²) in [7, 11) is 0. The summed E-state index contributed by atoms with van der Waals surface area (Å²) >= 11 is 0.887. The number of hydrogen-bond acceptors (Lipinski definition) is 4. The molecule has 2 aromatic carbocycles. The Morgan fingerprint density at radius 2 is 1.79 bits per heavy atom. The van der Waals surface area contributed by atoms with E-state index in [2.05, 4.69) is 0 Å². The van der Waals surface area contributed by atoms with Crippen LogP contribution in [0.25, 0.3) is 17.3 Å². The number of hydrogen-bond donors (Lipinski definition) is 0. The van der Waals surface area contributed by atoms with E-state index in [0.29, 0.717) is 5.69 Å². The first-order valence-electron chi connectivity index (χ1n) is 8.27. The summed E-state index contributed by atoms with van der Waals surface area (Å²) in [5.41, 5.74) is -0.163. The number of nitriles is 2. The molecular weight excluding hydrogens is 399 g/mol. The first-order valence-corrected chi connectivity index (χ1v) is 9.09. The number of halogens is 3. The van der Waals surface area contributed by atoms with Crippen molar-refractivity contribution >= 4 is 23.0 Å². The van der Waals surface area contributed by atoms with Crippen molar-refractivity contribution in [2.45, 2.75) is 13.1 Å². The van der Waals surface area contributed by atoms with Gasteiger partial charge in [0.25, 0.3) is 5.56 Å². The molecule has 29 heavy (non-hydrogen) atoms. The second-order valence-electron chi connectivity index (χ2n) is 6.06. The highest BCUT2D eigenvalue weighted by Gasteiger charge is 2.30. The van der Waals surface area contributed by atoms with Gasteiger partial charge in [-0.05, 0) is 42.3 Å². The third-order valence-electron chi connectivity index (χ3n) is 4.13. The molecule has 4 nitrogen and oxygen atoms in total. The van der Waals surface area contributed by atoms with Gasteiger partial charge in [-0.3, -0.25) is 9.36 Å². The van der Waals surface area contributed by atoms with E-state index >= 15 is 0 Å². The number of rotatable bonds is 2. The van der Waals surface area contributed by atoms with Crippen LogP contribution in [0.5, 0.6) is 0 Å². The minimum Gasteiger partial charge on any atom is -0.267 e. The van der Waals surface area contributed by atoms with Gasteiger partial charge in [-0.15, -0.1) is 11.3 Å². The molecule has 0 aliphatic carbocycles. The Balaban J connectivity index is 2.37. The van der Waals surface area contributed by atoms with Crippen LogP contribution in [0.1, 0.15) is 16.7 Å². The maximum Gasteiger partial charge on any atom is 0.416 e. The maximum atomic E-state index is 13.1. The first-order chi connectivity index (χ1) is 13.8. The Hall–Kier alpha value is -3.62. The van der Waals surface area contributed by atoms with Gasteiger partial charge < -0.3 is 0 Å². The fourth-order valence-electron chi connectivity index (χ4n) is 2.76. The van der Waals surface area contributed by atoms with E-state index < -0.39 is 17.3 Å². The second kappa shape index (κ2) is 7.78. The van der Waals surface area contributed by atoms with Crippen molar-refractivity contribution in [3.05, 3.63) is 84.8 Å². The summed E-state index contributed by atoms with van der Waals surface area (Å²) in [6, 6.07) is 15.1. The minimum atomic E-state index is -4.51. The van der Waals surface area contributed by atoms with Gasteiger partial charge in [-0.25, -0.2) is 0 Å². The van der Waals surface area contributed by atoms with E-state index in [-0.39, 0.29) is 20.3 Å². The van der Waals surface area contributed by atoms with Crippen molar-refractivity contribution in [3.8, 4) is 17.8 Å². The van der Waals surface area contributed by atoms with E-state index in [1.54, 1.807) is 43.3 Å². The Morgan fingerprint density at radius 3 is 2.41 bits per heavy atom. The van der Waals surface area contributed by atoms with Crippen LogP contribution in [0.2, 0.25) is 0 Å². The molecule has 0 radical (unpaired) electrons. The molecule has 0 amide bonds. The van der Waals surface area contributed by atoms with Crippen LogP contribution in [0.15, 0.2) is 53.3 Å². The molecule has 1 aromatic heterocycles. The van der Waals surface area contributed by atoms with Gasteiger partial charge in [0.1, 0.15) is 16.8 Å². The third-order valence-corrected chi connectivity index (χ3v) is 5.22. The number of aryl methyl sites for hydroxylation is 1. The van der Waals surface area contributed by atoms with Crippen molar-refractivity contribution in [1.82, 2.24) is 4.57 Å². The highest BCUT2D eigenvalue weighted by atomic mass is 32.1. The zero-order valence-corrected chi connectivity index (χ0v) is 15.8. The van der Waals surface area contributed by atoms with E-state index in [0.717, 1.165) is 29.0 Å². The lowest BCUT2D eigenvalue weighted by molar-refractivity contribution is -0.137. The number of thiazole rings is 1. The van der Waals surface area contributed by atoms with E-state index in [9.17, 15) is 28.5 Å². The van der Waals surface area contributed by atoms with Gasteiger partial charge in [0, 0.05) is 0 Å². The molecule has 1 heterocycles. The molecular formula is C21H12F3N3OS. The largest absolute Gasteiger partial charge is 0.416 e. The van der Waals surface area contributed by atoms with Gasteiger partial charge in [0.15, 0.2) is 5.57 Å². The molecule has 0 aliphatic heterocycles. The van der Waals surface area contributed by atoms with Crippen LogP contribution in [-0.2, 0) is 6.18 Å². The minimum absolute atomic E-state index is 0.116. The van der Waals surface area contributed by atoms with Crippen LogP contribution in [0.4, 0.5) is 13.2 Å². The van der Waals surface area contributed by atoms with E-state index in [1.807, 2.05) is 0 Å². The molecule has 0 atom stereocenters. The highest BCUT2D eigenvalue weighted by molar-refractivity contribution is 7.07. The molecule has 0 spiro atoms. The molecule has 0 bridgehead atoms. The SMILES string of the molecule is Cc1ccccc1-n1c(=C(C#N)C#N)s/c(=C/c2cccc(C(F)(F)F)c2)c1=O. The van der Waals surface area contributed by atoms with Gasteiger partial charge >= 0.3 is 6.18 Å². The predicted molar refractivity (Wildman–Crippen MR) is 104 cm³/mol. The van der Waals surface area contributed by atoms with Crippen LogP contribution < -0.4 is 14.8 Å². The highest BCUT2D eigenvalue weighted by Crippen LogP contribution is 2.29. The summed E-state index contributed by atoms with van der Waals surface area (Å²) in [5.74, 6) is 0. The summed E-state index contributed by atoms with van der Waals surface area (Å²) < 4.78 is 40.4. The number of para-hydroxylation sites is 1. The molecule has 0 N–H and O–H groups in total. The lowest BCUT2D eigenvalue weighted by Gasteiger charge is -2.06. The third kappa shape index (κ3) is 3.98. The van der Waals surface area contributed by atoms with Crippen molar-refractivity contribution in [1.29, 1.82) is 10.5 Å². The molecule has 0 fully saturated rings. The van der Waals surface area contributed by atoms with E-state index in [4.69, 9.17) is 0 Å². The Kier molecular flexibility index (Phi) is 5.40. The van der Waals surface area contributed by atoms with Gasteiger partial charge in [0.2, 0.25) is 0 Å². The van der Waals surface area contributed by atoms with Crippen molar-refractivity contribution in [2.24, 2.45) is 0 Å². The monoisotopic (exact) mass is 411 g/mol. The van der Waals surface area contributed by atoms with Crippen molar-refractivity contribution < 1.29 is 13.2 Å². The second-order valence-corrected chi connectivity index (χ2v) is 7.10. The summed E-state index contributed by atoms with van der Waals surface area (Å²) in [4.78, 5) is 13.1. The van der Waals surface area contributed by atoms with Crippen molar-refractivity contribution in [2.75, 3.05) is 0 Å². The molecule has 3 aromatic rings. The summed E-state index contributed by atoms with van der Waals surface area (Å²) in [6.07, 6.45) is -3.18. The van der Waals surface area contributed by atoms with Crippen molar-refractivity contribution in [3.63, 3.8) is 0 Å². The lowest BCUT2D eigenvalue weighted by Crippen LogP contribution is -2.31. The zero-order chi connectivity index (χ0) is 21.2. The quantitative estimate of drug-likeness (QED) is 0.650. The van der Waals surface area contributed by atoms with E-state index in [1.165, 1.54) is 22.8 Å². The predicted octanol–water partition coefficient (Wildman–Crippen LogP) is 3.25. The number of nitrogens with zero attached hydrogens (tertiary/aromatic N) is 3. The Bertz CT molecular complexity index is 1340. The van der Waals surface area contributed by atoms with Crippen LogP contribution in [-0.4, -0.2) is 4.57 Å². The van der Waals surface area contributed by atoms with Gasteiger partial charge in [0.05, 0.1) is 15.8 Å². The van der Waals surface area contributed by atoms with Crippen LogP contribution in [0, 0.1) is 29.6 Å². The average Bonchev–Trinajstić information content (AvgIpc) is 2.99. The number of alkyl halides is 3. The molecule has 144 valence electrons. The molecule has 0 saturated carbocycles. The molecule has 3 rings (SSSR count). The normalized spacial score (nSPS) is 11.7. The molecule has 0 saturated heterocycles. The van der Waals surface area contributed by atoms with Gasteiger partial charge in [-0.1, -0.05) is 30.3 Å². The Morgan fingerprint density at radius 1 is 1.10 bits per heavy atom. The molecule has 0 unspecified atom stereocenters. The number of aromatic nitrogens is 1. The first kappa shape index (κ1) is 20.1. The molecule has 0 aliphatic rings. The topological polar surface area (TPSA) is 69.6 Å². The smallest absolute Gasteiger partial charge is 0.267 e. The number of benzene rings is 2. The lowest BCUT2D eigenvalue weighted by atomic mass is 10.1. The average molecular weight is 411 g/mol. The fraction of sp³-hybridized carbons (Fsp3) is 0.0952. The summed E-state index contributed by atoms with van der Waals surface area (Å²) in [5, 5.41) is 18.6. The standard InChI is InChI=1S/C21H12F3N3OS/c1-13-5-2-3-8-17(13)27-19(28)18(29-20(27)15(11-25)12-26)10-14-6-4-7-16(9-14)21(22,23)24/h2-10H,1H3/b18-10+. The maximum absolute atomic E-state index is 13.1. The van der Waals surface area contributed by atoms with Gasteiger partial charge in [-0.2, -0.15) is 23.7 Å². The fourth-order valence-corrected chi connectivity index (χ4v) is 3.81. The van der Waals surface area contributed by atoms with Crippen LogP contribution in [0.3, 0.4) is 0 Å². The zero-order valence-electron chi connectivity index (χ0n) is 15.0. The summed E-state index contributed by atoms with van der Waals surface area (Å²) in [6.45, 7) is 1.78.